The molecular formula is C15H22Cl2N2OS. The number of halogens is 2. The van der Waals surface area contributed by atoms with E-state index in [1.807, 2.05) is 24.3 Å². The fourth-order valence-electron chi connectivity index (χ4n) is 2.34. The molecule has 1 aliphatic heterocycles. The van der Waals surface area contributed by atoms with Crippen LogP contribution in [0.1, 0.15) is 26.2 Å². The van der Waals surface area contributed by atoms with Crippen LogP contribution in [0.15, 0.2) is 29.2 Å². The van der Waals surface area contributed by atoms with Crippen LogP contribution in [0.4, 0.5) is 0 Å². The van der Waals surface area contributed by atoms with Crippen LogP contribution < -0.4 is 10.6 Å². The van der Waals surface area contributed by atoms with Gasteiger partial charge in [-0.05, 0) is 38.4 Å². The molecule has 0 bridgehead atoms. The van der Waals surface area contributed by atoms with Crippen LogP contribution in [0, 0.1) is 0 Å². The number of thioether (sulfide) groups is 1. The van der Waals surface area contributed by atoms with Crippen LogP contribution >= 0.6 is 35.8 Å². The highest BCUT2D eigenvalue weighted by molar-refractivity contribution is 7.99. The summed E-state index contributed by atoms with van der Waals surface area (Å²) >= 11 is 7.71. The Hall–Kier alpha value is -0.420. The standard InChI is InChI=1S/C15H21ClN2OS.ClH/c1-11-13(6-4-9-17-11)18-15(19)8-10-20-14-7-3-2-5-12(14)16;/h2-3,5,7,11,13,17H,4,6,8-10H2,1H3,(H,18,19);1H. The summed E-state index contributed by atoms with van der Waals surface area (Å²) in [5.41, 5.74) is 0. The highest BCUT2D eigenvalue weighted by Crippen LogP contribution is 2.26. The highest BCUT2D eigenvalue weighted by Gasteiger charge is 2.21. The van der Waals surface area contributed by atoms with Gasteiger partial charge in [0.1, 0.15) is 0 Å². The molecule has 2 atom stereocenters. The summed E-state index contributed by atoms with van der Waals surface area (Å²) in [6.07, 6.45) is 2.72. The van der Waals surface area contributed by atoms with Crippen LogP contribution in [-0.2, 0) is 4.79 Å². The van der Waals surface area contributed by atoms with E-state index in [0.29, 0.717) is 12.5 Å². The van der Waals surface area contributed by atoms with Crippen LogP contribution in [0.3, 0.4) is 0 Å². The molecule has 6 heteroatoms. The van der Waals surface area contributed by atoms with Crippen molar-refractivity contribution in [3.05, 3.63) is 29.3 Å². The lowest BCUT2D eigenvalue weighted by atomic mass is 10.00. The van der Waals surface area contributed by atoms with Crippen molar-refractivity contribution in [1.29, 1.82) is 0 Å². The van der Waals surface area contributed by atoms with Gasteiger partial charge in [-0.25, -0.2) is 0 Å². The van der Waals surface area contributed by atoms with Crippen molar-refractivity contribution in [2.45, 2.75) is 43.2 Å². The van der Waals surface area contributed by atoms with Crippen molar-refractivity contribution in [3.8, 4) is 0 Å². The summed E-state index contributed by atoms with van der Waals surface area (Å²) < 4.78 is 0. The maximum Gasteiger partial charge on any atom is 0.221 e. The third-order valence-corrected chi connectivity index (χ3v) is 5.05. The zero-order chi connectivity index (χ0) is 14.4. The van der Waals surface area contributed by atoms with E-state index in [9.17, 15) is 4.79 Å². The van der Waals surface area contributed by atoms with Gasteiger partial charge in [-0.3, -0.25) is 4.79 Å². The molecule has 0 aromatic heterocycles. The lowest BCUT2D eigenvalue weighted by Crippen LogP contribution is -2.51. The first-order valence-electron chi connectivity index (χ1n) is 7.07. The third-order valence-electron chi connectivity index (χ3n) is 3.53. The second-order valence-electron chi connectivity index (χ2n) is 5.09. The molecule has 2 rings (SSSR count). The number of nitrogens with one attached hydrogen (secondary N) is 2. The van der Waals surface area contributed by atoms with E-state index in [2.05, 4.69) is 17.6 Å². The largest absolute Gasteiger partial charge is 0.352 e. The number of carbonyl (C=O) groups is 1. The maximum atomic E-state index is 11.9. The maximum absolute atomic E-state index is 11.9. The summed E-state index contributed by atoms with van der Waals surface area (Å²) in [6.45, 7) is 3.18. The molecule has 118 valence electrons. The molecular weight excluding hydrogens is 327 g/mol. The van der Waals surface area contributed by atoms with Crippen molar-refractivity contribution in [1.82, 2.24) is 10.6 Å². The first kappa shape index (κ1) is 18.6. The first-order valence-corrected chi connectivity index (χ1v) is 8.43. The molecule has 0 saturated carbocycles. The molecule has 1 aromatic carbocycles. The minimum absolute atomic E-state index is 0. The minimum atomic E-state index is 0. The molecule has 1 fully saturated rings. The number of amides is 1. The minimum Gasteiger partial charge on any atom is -0.352 e. The van der Waals surface area contributed by atoms with Crippen LogP contribution in [0.25, 0.3) is 0 Å². The van der Waals surface area contributed by atoms with Gasteiger partial charge in [0.25, 0.3) is 0 Å². The fraction of sp³-hybridized carbons (Fsp3) is 0.533. The van der Waals surface area contributed by atoms with Gasteiger partial charge in [0, 0.05) is 29.2 Å². The fourth-order valence-corrected chi connectivity index (χ4v) is 3.52. The Bertz CT molecular complexity index is 459. The van der Waals surface area contributed by atoms with Gasteiger partial charge < -0.3 is 10.6 Å². The lowest BCUT2D eigenvalue weighted by molar-refractivity contribution is -0.121. The van der Waals surface area contributed by atoms with Gasteiger partial charge in [-0.1, -0.05) is 23.7 Å². The molecule has 1 amide bonds. The molecule has 1 aromatic rings. The summed E-state index contributed by atoms with van der Waals surface area (Å²) in [5, 5.41) is 7.26. The number of hydrogen-bond acceptors (Lipinski definition) is 3. The van der Waals surface area contributed by atoms with E-state index in [4.69, 9.17) is 11.6 Å². The summed E-state index contributed by atoms with van der Waals surface area (Å²) in [5.74, 6) is 0.884. The van der Waals surface area contributed by atoms with E-state index in [-0.39, 0.29) is 24.4 Å². The van der Waals surface area contributed by atoms with Crippen molar-refractivity contribution in [3.63, 3.8) is 0 Å². The van der Waals surface area contributed by atoms with E-state index < -0.39 is 0 Å². The second-order valence-corrected chi connectivity index (χ2v) is 6.63. The van der Waals surface area contributed by atoms with Gasteiger partial charge >= 0.3 is 0 Å². The van der Waals surface area contributed by atoms with Crippen LogP contribution in [0.5, 0.6) is 0 Å². The number of carbonyl (C=O) groups excluding carboxylic acids is 1. The molecule has 1 saturated heterocycles. The Morgan fingerprint density at radius 2 is 2.24 bits per heavy atom. The van der Waals surface area contributed by atoms with Crippen LogP contribution in [-0.4, -0.2) is 30.3 Å². The summed E-state index contributed by atoms with van der Waals surface area (Å²) in [4.78, 5) is 13.0. The predicted octanol–water partition coefficient (Wildman–Crippen LogP) is 3.50. The second kappa shape index (κ2) is 9.57. The van der Waals surface area contributed by atoms with E-state index >= 15 is 0 Å². The molecule has 0 spiro atoms. The topological polar surface area (TPSA) is 41.1 Å². The number of benzene rings is 1. The molecule has 1 heterocycles. The molecule has 1 aliphatic rings. The third kappa shape index (κ3) is 6.07. The van der Waals surface area contributed by atoms with Gasteiger partial charge in [0.2, 0.25) is 5.91 Å². The monoisotopic (exact) mass is 348 g/mol. The SMILES string of the molecule is CC1NCCCC1NC(=O)CCSc1ccccc1Cl.Cl. The molecule has 2 unspecified atom stereocenters. The Labute approximate surface area is 142 Å². The predicted molar refractivity (Wildman–Crippen MR) is 92.7 cm³/mol. The highest BCUT2D eigenvalue weighted by atomic mass is 35.5. The van der Waals surface area contributed by atoms with Gasteiger partial charge in [-0.15, -0.1) is 24.2 Å². The molecule has 3 nitrogen and oxygen atoms in total. The van der Waals surface area contributed by atoms with Gasteiger partial charge in [-0.2, -0.15) is 0 Å². The molecule has 21 heavy (non-hydrogen) atoms. The molecule has 0 radical (unpaired) electrons. The Morgan fingerprint density at radius 3 is 2.95 bits per heavy atom. The first-order chi connectivity index (χ1) is 9.66. The smallest absolute Gasteiger partial charge is 0.221 e. The Kier molecular flexibility index (Phi) is 8.49. The molecule has 2 N–H and O–H groups in total. The number of rotatable bonds is 5. The van der Waals surface area contributed by atoms with Crippen LogP contribution in [0.2, 0.25) is 5.02 Å². The van der Waals surface area contributed by atoms with Crippen molar-refractivity contribution < 1.29 is 4.79 Å². The van der Waals surface area contributed by atoms with Gasteiger partial charge in [0.05, 0.1) is 5.02 Å². The summed E-state index contributed by atoms with van der Waals surface area (Å²) in [7, 11) is 0. The van der Waals surface area contributed by atoms with Crippen molar-refractivity contribution >= 4 is 41.7 Å². The Balaban J connectivity index is 0.00000220. The average Bonchev–Trinajstić information content (AvgIpc) is 2.43. The summed E-state index contributed by atoms with van der Waals surface area (Å²) in [6, 6.07) is 8.36. The van der Waals surface area contributed by atoms with E-state index in [0.717, 1.165) is 35.1 Å². The van der Waals surface area contributed by atoms with Crippen molar-refractivity contribution in [2.75, 3.05) is 12.3 Å². The lowest BCUT2D eigenvalue weighted by Gasteiger charge is -2.30. The van der Waals surface area contributed by atoms with Gasteiger partial charge in [0.15, 0.2) is 0 Å². The number of hydrogen-bond donors (Lipinski definition) is 2. The average molecular weight is 349 g/mol. The van der Waals surface area contributed by atoms with E-state index in [1.54, 1.807) is 11.8 Å². The Morgan fingerprint density at radius 1 is 1.48 bits per heavy atom. The normalized spacial score (nSPS) is 21.4. The number of piperidine rings is 1. The zero-order valence-corrected chi connectivity index (χ0v) is 14.5. The van der Waals surface area contributed by atoms with E-state index in [1.165, 1.54) is 0 Å². The zero-order valence-electron chi connectivity index (χ0n) is 12.1. The molecule has 0 aliphatic carbocycles. The van der Waals surface area contributed by atoms with Crippen molar-refractivity contribution in [2.24, 2.45) is 0 Å². The quantitative estimate of drug-likeness (QED) is 0.800.